The second-order valence-corrected chi connectivity index (χ2v) is 5.84. The number of rotatable bonds is 2. The summed E-state index contributed by atoms with van der Waals surface area (Å²) < 4.78 is 0. The van der Waals surface area contributed by atoms with Crippen molar-refractivity contribution in [3.05, 3.63) is 29.3 Å². The van der Waals surface area contributed by atoms with Crippen LogP contribution in [0.15, 0.2) is 18.2 Å². The molecule has 1 saturated heterocycles. The number of anilines is 1. The Hall–Kier alpha value is -1.02. The summed E-state index contributed by atoms with van der Waals surface area (Å²) in [6.45, 7) is 5.89. The van der Waals surface area contributed by atoms with E-state index in [0.717, 1.165) is 19.1 Å². The highest BCUT2D eigenvalue weighted by molar-refractivity contribution is 5.57. The number of benzene rings is 1. The molecule has 1 fully saturated rings. The van der Waals surface area contributed by atoms with E-state index in [9.17, 15) is 0 Å². The van der Waals surface area contributed by atoms with Gasteiger partial charge in [-0.15, -0.1) is 0 Å². The molecule has 0 bridgehead atoms. The molecule has 1 aromatic carbocycles. The topological polar surface area (TPSA) is 15.3 Å². The van der Waals surface area contributed by atoms with Crippen molar-refractivity contribution < 1.29 is 0 Å². The lowest BCUT2D eigenvalue weighted by molar-refractivity contribution is 0.205. The largest absolute Gasteiger partial charge is 0.384 e. The second kappa shape index (κ2) is 5.31. The van der Waals surface area contributed by atoms with Crippen LogP contribution < -0.4 is 5.32 Å². The lowest BCUT2D eigenvalue weighted by atomic mass is 10.1. The van der Waals surface area contributed by atoms with E-state index < -0.39 is 0 Å². The Kier molecular flexibility index (Phi) is 3.55. The molecule has 18 heavy (non-hydrogen) atoms. The van der Waals surface area contributed by atoms with Crippen LogP contribution in [-0.4, -0.2) is 24.0 Å². The quantitative estimate of drug-likeness (QED) is 0.857. The van der Waals surface area contributed by atoms with E-state index in [4.69, 9.17) is 0 Å². The Balaban J connectivity index is 1.71. The summed E-state index contributed by atoms with van der Waals surface area (Å²) in [5, 5.41) is 3.48. The highest BCUT2D eigenvalue weighted by Crippen LogP contribution is 2.25. The summed E-state index contributed by atoms with van der Waals surface area (Å²) in [7, 11) is 0. The summed E-state index contributed by atoms with van der Waals surface area (Å²) in [6.07, 6.45) is 6.74. The fourth-order valence-electron chi connectivity index (χ4n) is 3.24. The zero-order valence-electron chi connectivity index (χ0n) is 11.4. The second-order valence-electron chi connectivity index (χ2n) is 5.84. The zero-order chi connectivity index (χ0) is 12.4. The van der Waals surface area contributed by atoms with Gasteiger partial charge in [0, 0.05) is 24.8 Å². The van der Waals surface area contributed by atoms with Crippen LogP contribution in [0.4, 0.5) is 5.69 Å². The molecule has 0 aliphatic carbocycles. The SMILES string of the molecule is CC1CCCCCN1Cc1ccc2c(c1)NCC2. The predicted octanol–water partition coefficient (Wildman–Crippen LogP) is 3.42. The van der Waals surface area contributed by atoms with E-state index >= 15 is 0 Å². The van der Waals surface area contributed by atoms with Gasteiger partial charge in [-0.25, -0.2) is 0 Å². The average molecular weight is 244 g/mol. The third kappa shape index (κ3) is 2.54. The normalized spacial score (nSPS) is 24.4. The van der Waals surface area contributed by atoms with Crippen molar-refractivity contribution in [2.75, 3.05) is 18.4 Å². The summed E-state index contributed by atoms with van der Waals surface area (Å²) in [4.78, 5) is 2.66. The predicted molar refractivity (Wildman–Crippen MR) is 77.0 cm³/mol. The van der Waals surface area contributed by atoms with Gasteiger partial charge < -0.3 is 5.32 Å². The molecule has 1 atom stereocenters. The Morgan fingerprint density at radius 3 is 3.17 bits per heavy atom. The molecule has 2 aliphatic rings. The monoisotopic (exact) mass is 244 g/mol. The molecule has 0 amide bonds. The first kappa shape index (κ1) is 12.0. The van der Waals surface area contributed by atoms with E-state index in [1.54, 1.807) is 0 Å². The fraction of sp³-hybridized carbons (Fsp3) is 0.625. The van der Waals surface area contributed by atoms with E-state index in [2.05, 4.69) is 35.3 Å². The summed E-state index contributed by atoms with van der Waals surface area (Å²) in [5.74, 6) is 0. The summed E-state index contributed by atoms with van der Waals surface area (Å²) in [5.41, 5.74) is 4.33. The molecule has 2 heterocycles. The molecular formula is C16H24N2. The van der Waals surface area contributed by atoms with Gasteiger partial charge in [0.15, 0.2) is 0 Å². The standard InChI is InChI=1S/C16H24N2/c1-13-5-3-2-4-10-18(13)12-14-6-7-15-8-9-17-16(15)11-14/h6-7,11,13,17H,2-5,8-10,12H2,1H3. The number of nitrogens with one attached hydrogen (secondary N) is 1. The Morgan fingerprint density at radius 1 is 1.28 bits per heavy atom. The van der Waals surface area contributed by atoms with Gasteiger partial charge in [-0.3, -0.25) is 4.90 Å². The summed E-state index contributed by atoms with van der Waals surface area (Å²) in [6, 6.07) is 7.74. The molecule has 0 spiro atoms. The molecule has 3 rings (SSSR count). The van der Waals surface area contributed by atoms with Crippen LogP contribution in [0, 0.1) is 0 Å². The lowest BCUT2D eigenvalue weighted by Gasteiger charge is -2.27. The van der Waals surface area contributed by atoms with Crippen molar-refractivity contribution in [1.29, 1.82) is 0 Å². The van der Waals surface area contributed by atoms with Crippen LogP contribution in [0.5, 0.6) is 0 Å². The molecule has 1 aromatic rings. The van der Waals surface area contributed by atoms with Gasteiger partial charge in [-0.2, -0.15) is 0 Å². The van der Waals surface area contributed by atoms with Crippen molar-refractivity contribution in [2.45, 2.75) is 51.6 Å². The molecule has 1 unspecified atom stereocenters. The van der Waals surface area contributed by atoms with Gasteiger partial charge in [-0.05, 0) is 49.9 Å². The molecular weight excluding hydrogens is 220 g/mol. The minimum Gasteiger partial charge on any atom is -0.384 e. The fourth-order valence-corrected chi connectivity index (χ4v) is 3.24. The Bertz CT molecular complexity index is 414. The number of hydrogen-bond acceptors (Lipinski definition) is 2. The first-order chi connectivity index (χ1) is 8.83. The number of nitrogens with zero attached hydrogens (tertiary/aromatic N) is 1. The van der Waals surface area contributed by atoms with Crippen molar-refractivity contribution in [3.8, 4) is 0 Å². The highest BCUT2D eigenvalue weighted by Gasteiger charge is 2.18. The minimum absolute atomic E-state index is 0.744. The number of fused-ring (bicyclic) bond motifs is 1. The highest BCUT2D eigenvalue weighted by atomic mass is 15.1. The third-order valence-electron chi connectivity index (χ3n) is 4.46. The van der Waals surface area contributed by atoms with Gasteiger partial charge >= 0.3 is 0 Å². The Labute approximate surface area is 110 Å². The van der Waals surface area contributed by atoms with Crippen molar-refractivity contribution in [3.63, 3.8) is 0 Å². The van der Waals surface area contributed by atoms with E-state index in [1.807, 2.05) is 0 Å². The average Bonchev–Trinajstić information content (AvgIpc) is 2.75. The van der Waals surface area contributed by atoms with E-state index in [-0.39, 0.29) is 0 Å². The zero-order valence-corrected chi connectivity index (χ0v) is 11.4. The van der Waals surface area contributed by atoms with Crippen LogP contribution in [-0.2, 0) is 13.0 Å². The number of likely N-dealkylation sites (tertiary alicyclic amines) is 1. The molecule has 0 saturated carbocycles. The molecule has 2 nitrogen and oxygen atoms in total. The van der Waals surface area contributed by atoms with Crippen LogP contribution in [0.2, 0.25) is 0 Å². The molecule has 98 valence electrons. The molecule has 1 N–H and O–H groups in total. The van der Waals surface area contributed by atoms with Gasteiger partial charge in [0.05, 0.1) is 0 Å². The third-order valence-corrected chi connectivity index (χ3v) is 4.46. The minimum atomic E-state index is 0.744. The molecule has 2 aliphatic heterocycles. The van der Waals surface area contributed by atoms with Crippen LogP contribution in [0.1, 0.15) is 43.7 Å². The van der Waals surface area contributed by atoms with Crippen molar-refractivity contribution >= 4 is 5.69 Å². The molecule has 0 radical (unpaired) electrons. The van der Waals surface area contributed by atoms with E-state index in [0.29, 0.717) is 0 Å². The molecule has 0 aromatic heterocycles. The van der Waals surface area contributed by atoms with Crippen molar-refractivity contribution in [2.24, 2.45) is 0 Å². The van der Waals surface area contributed by atoms with Crippen LogP contribution >= 0.6 is 0 Å². The van der Waals surface area contributed by atoms with Crippen molar-refractivity contribution in [1.82, 2.24) is 4.90 Å². The van der Waals surface area contributed by atoms with Gasteiger partial charge in [0.2, 0.25) is 0 Å². The maximum absolute atomic E-state index is 3.48. The van der Waals surface area contributed by atoms with Crippen LogP contribution in [0.3, 0.4) is 0 Å². The molecule has 2 heteroatoms. The number of hydrogen-bond donors (Lipinski definition) is 1. The first-order valence-corrected chi connectivity index (χ1v) is 7.42. The van der Waals surface area contributed by atoms with Gasteiger partial charge in [0.25, 0.3) is 0 Å². The van der Waals surface area contributed by atoms with Gasteiger partial charge in [0.1, 0.15) is 0 Å². The van der Waals surface area contributed by atoms with Crippen LogP contribution in [0.25, 0.3) is 0 Å². The lowest BCUT2D eigenvalue weighted by Crippen LogP contribution is -2.31. The first-order valence-electron chi connectivity index (χ1n) is 7.42. The maximum atomic E-state index is 3.48. The van der Waals surface area contributed by atoms with E-state index in [1.165, 1.54) is 55.5 Å². The summed E-state index contributed by atoms with van der Waals surface area (Å²) >= 11 is 0. The smallest absolute Gasteiger partial charge is 0.0376 e. The van der Waals surface area contributed by atoms with Gasteiger partial charge in [-0.1, -0.05) is 25.0 Å². The Morgan fingerprint density at radius 2 is 2.22 bits per heavy atom. The maximum Gasteiger partial charge on any atom is 0.0376 e.